The van der Waals surface area contributed by atoms with Gasteiger partial charge >= 0.3 is 5.69 Å². The SMILES string of the molecule is COCCNC(=O)CCNc1nc(OC)ccc1[N+](=O)[O-]. The number of methoxy groups -OCH3 is 2. The number of hydrogen-bond donors (Lipinski definition) is 2. The number of pyridine rings is 1. The van der Waals surface area contributed by atoms with Gasteiger partial charge in [-0.3, -0.25) is 14.9 Å². The van der Waals surface area contributed by atoms with Gasteiger partial charge in [-0.1, -0.05) is 0 Å². The van der Waals surface area contributed by atoms with Crippen LogP contribution in [0.5, 0.6) is 5.88 Å². The van der Waals surface area contributed by atoms with Crippen LogP contribution in [0.3, 0.4) is 0 Å². The molecule has 1 aromatic rings. The Bertz CT molecular complexity index is 495. The molecule has 1 rings (SSSR count). The van der Waals surface area contributed by atoms with Crippen LogP contribution in [0.25, 0.3) is 0 Å². The van der Waals surface area contributed by atoms with E-state index in [2.05, 4.69) is 15.6 Å². The van der Waals surface area contributed by atoms with Crippen molar-refractivity contribution in [3.8, 4) is 5.88 Å². The largest absolute Gasteiger partial charge is 0.481 e. The molecule has 0 atom stereocenters. The van der Waals surface area contributed by atoms with E-state index in [9.17, 15) is 14.9 Å². The Morgan fingerprint density at radius 1 is 1.38 bits per heavy atom. The highest BCUT2D eigenvalue weighted by atomic mass is 16.6. The molecule has 0 fully saturated rings. The molecule has 0 spiro atoms. The number of anilines is 1. The smallest absolute Gasteiger partial charge is 0.311 e. The van der Waals surface area contributed by atoms with Crippen molar-refractivity contribution in [1.82, 2.24) is 10.3 Å². The zero-order valence-corrected chi connectivity index (χ0v) is 11.9. The summed E-state index contributed by atoms with van der Waals surface area (Å²) in [5.74, 6) is 0.154. The zero-order valence-electron chi connectivity index (χ0n) is 11.9. The van der Waals surface area contributed by atoms with Crippen LogP contribution in [-0.4, -0.2) is 49.7 Å². The molecule has 116 valence electrons. The average Bonchev–Trinajstić information content (AvgIpc) is 2.47. The van der Waals surface area contributed by atoms with Crippen molar-refractivity contribution in [3.05, 3.63) is 22.2 Å². The van der Waals surface area contributed by atoms with Crippen LogP contribution in [0.15, 0.2) is 12.1 Å². The quantitative estimate of drug-likeness (QED) is 0.389. The topological polar surface area (TPSA) is 116 Å². The number of ether oxygens (including phenoxy) is 2. The molecule has 0 aromatic carbocycles. The number of nitrogens with zero attached hydrogens (tertiary/aromatic N) is 2. The zero-order chi connectivity index (χ0) is 15.7. The third-order valence-electron chi connectivity index (χ3n) is 2.53. The van der Waals surface area contributed by atoms with Crippen LogP contribution in [0.2, 0.25) is 0 Å². The lowest BCUT2D eigenvalue weighted by molar-refractivity contribution is -0.384. The van der Waals surface area contributed by atoms with E-state index in [0.29, 0.717) is 13.2 Å². The van der Waals surface area contributed by atoms with Gasteiger partial charge in [-0.25, -0.2) is 0 Å². The maximum absolute atomic E-state index is 11.5. The lowest BCUT2D eigenvalue weighted by Gasteiger charge is -2.08. The first-order chi connectivity index (χ1) is 10.1. The molecule has 0 aliphatic heterocycles. The fraction of sp³-hybridized carbons (Fsp3) is 0.500. The molecular weight excluding hydrogens is 280 g/mol. The molecule has 1 heterocycles. The van der Waals surface area contributed by atoms with Crippen LogP contribution in [0.4, 0.5) is 11.5 Å². The molecule has 9 heteroatoms. The Kier molecular flexibility index (Phi) is 6.88. The summed E-state index contributed by atoms with van der Waals surface area (Å²) in [5, 5.41) is 16.3. The number of carbonyl (C=O) groups is 1. The summed E-state index contributed by atoms with van der Waals surface area (Å²) >= 11 is 0. The minimum atomic E-state index is -0.548. The number of nitro groups is 1. The number of carbonyl (C=O) groups excluding carboxylic acids is 1. The Labute approximate surface area is 121 Å². The fourth-order valence-corrected chi connectivity index (χ4v) is 1.50. The van der Waals surface area contributed by atoms with Crippen molar-refractivity contribution in [3.63, 3.8) is 0 Å². The molecule has 9 nitrogen and oxygen atoms in total. The highest BCUT2D eigenvalue weighted by Crippen LogP contribution is 2.24. The molecule has 1 aromatic heterocycles. The van der Waals surface area contributed by atoms with E-state index >= 15 is 0 Å². The van der Waals surface area contributed by atoms with Gasteiger partial charge < -0.3 is 20.1 Å². The lowest BCUT2D eigenvalue weighted by atomic mass is 10.3. The van der Waals surface area contributed by atoms with Gasteiger partial charge in [-0.2, -0.15) is 4.98 Å². The second-order valence-electron chi connectivity index (χ2n) is 4.00. The van der Waals surface area contributed by atoms with E-state index in [0.717, 1.165) is 0 Å². The fourth-order valence-electron chi connectivity index (χ4n) is 1.50. The first kappa shape index (κ1) is 16.6. The molecular formula is C12H18N4O5. The molecule has 0 aliphatic rings. The van der Waals surface area contributed by atoms with Gasteiger partial charge in [0.05, 0.1) is 18.6 Å². The van der Waals surface area contributed by atoms with Gasteiger partial charge in [0, 0.05) is 38.8 Å². The van der Waals surface area contributed by atoms with Gasteiger partial charge in [0.1, 0.15) is 0 Å². The predicted octanol–water partition coefficient (Wildman–Crippen LogP) is 0.563. The van der Waals surface area contributed by atoms with Gasteiger partial charge in [0.25, 0.3) is 0 Å². The van der Waals surface area contributed by atoms with Crippen molar-refractivity contribution in [1.29, 1.82) is 0 Å². The molecule has 0 bridgehead atoms. The first-order valence-corrected chi connectivity index (χ1v) is 6.27. The predicted molar refractivity (Wildman–Crippen MR) is 75.4 cm³/mol. The van der Waals surface area contributed by atoms with Gasteiger partial charge in [0.2, 0.25) is 17.6 Å². The number of nitrogens with one attached hydrogen (secondary N) is 2. The minimum absolute atomic E-state index is 0.0732. The summed E-state index contributed by atoms with van der Waals surface area (Å²) in [4.78, 5) is 25.8. The van der Waals surface area contributed by atoms with E-state index in [4.69, 9.17) is 9.47 Å². The standard InChI is InChI=1S/C12H18N4O5/c1-20-8-7-13-10(17)5-6-14-12-9(16(18)19)3-4-11(15-12)21-2/h3-4H,5-8H2,1-2H3,(H,13,17)(H,14,15). The number of aromatic nitrogens is 1. The summed E-state index contributed by atoms with van der Waals surface area (Å²) in [6, 6.07) is 2.70. The minimum Gasteiger partial charge on any atom is -0.481 e. The lowest BCUT2D eigenvalue weighted by Crippen LogP contribution is -2.28. The van der Waals surface area contributed by atoms with Crippen molar-refractivity contribution < 1.29 is 19.2 Å². The Hall–Kier alpha value is -2.42. The summed E-state index contributed by atoms with van der Waals surface area (Å²) in [6.45, 7) is 1.08. The van der Waals surface area contributed by atoms with Gasteiger partial charge in [0.15, 0.2) is 0 Å². The third-order valence-corrected chi connectivity index (χ3v) is 2.53. The maximum atomic E-state index is 11.5. The normalized spacial score (nSPS) is 10.0. The molecule has 0 saturated heterocycles. The third kappa shape index (κ3) is 5.61. The highest BCUT2D eigenvalue weighted by molar-refractivity contribution is 5.76. The average molecular weight is 298 g/mol. The second kappa shape index (κ2) is 8.69. The number of hydrogen-bond acceptors (Lipinski definition) is 7. The Balaban J connectivity index is 2.54. The monoisotopic (exact) mass is 298 g/mol. The van der Waals surface area contributed by atoms with Gasteiger partial charge in [-0.05, 0) is 0 Å². The van der Waals surface area contributed by atoms with Gasteiger partial charge in [-0.15, -0.1) is 0 Å². The first-order valence-electron chi connectivity index (χ1n) is 6.27. The molecule has 0 aliphatic carbocycles. The summed E-state index contributed by atoms with van der Waals surface area (Å²) < 4.78 is 9.72. The van der Waals surface area contributed by atoms with Crippen LogP contribution >= 0.6 is 0 Å². The molecule has 0 radical (unpaired) electrons. The van der Waals surface area contributed by atoms with E-state index in [1.54, 1.807) is 7.11 Å². The summed E-state index contributed by atoms with van der Waals surface area (Å²) in [5.41, 5.74) is -0.171. The van der Waals surface area contributed by atoms with Crippen LogP contribution < -0.4 is 15.4 Å². The molecule has 2 N–H and O–H groups in total. The van der Waals surface area contributed by atoms with E-state index in [1.165, 1.54) is 19.2 Å². The highest BCUT2D eigenvalue weighted by Gasteiger charge is 2.16. The van der Waals surface area contributed by atoms with Crippen LogP contribution in [-0.2, 0) is 9.53 Å². The maximum Gasteiger partial charge on any atom is 0.311 e. The van der Waals surface area contributed by atoms with Crippen molar-refractivity contribution in [2.75, 3.05) is 39.2 Å². The molecule has 1 amide bonds. The van der Waals surface area contributed by atoms with Crippen LogP contribution in [0.1, 0.15) is 6.42 Å². The van der Waals surface area contributed by atoms with Crippen molar-refractivity contribution >= 4 is 17.4 Å². The van der Waals surface area contributed by atoms with E-state index < -0.39 is 4.92 Å². The second-order valence-corrected chi connectivity index (χ2v) is 4.00. The van der Waals surface area contributed by atoms with Crippen molar-refractivity contribution in [2.24, 2.45) is 0 Å². The molecule has 0 unspecified atom stereocenters. The van der Waals surface area contributed by atoms with E-state index in [-0.39, 0.29) is 36.3 Å². The number of rotatable bonds is 9. The van der Waals surface area contributed by atoms with Crippen molar-refractivity contribution in [2.45, 2.75) is 6.42 Å². The van der Waals surface area contributed by atoms with E-state index in [1.807, 2.05) is 0 Å². The summed E-state index contributed by atoms with van der Waals surface area (Å²) in [6.07, 6.45) is 0.166. The van der Waals surface area contributed by atoms with Crippen LogP contribution in [0, 0.1) is 10.1 Å². The molecule has 0 saturated carbocycles. The number of amides is 1. The molecule has 21 heavy (non-hydrogen) atoms. The Morgan fingerprint density at radius 3 is 2.76 bits per heavy atom. The summed E-state index contributed by atoms with van der Waals surface area (Å²) in [7, 11) is 2.96. The Morgan fingerprint density at radius 2 is 2.14 bits per heavy atom.